The van der Waals surface area contributed by atoms with E-state index in [2.05, 4.69) is 10.3 Å². The molecule has 0 saturated heterocycles. The Kier molecular flexibility index (Phi) is 6.64. The van der Waals surface area contributed by atoms with Gasteiger partial charge in [0.25, 0.3) is 5.56 Å². The Bertz CT molecular complexity index is 1190. The Morgan fingerprint density at radius 3 is 2.31 bits per heavy atom. The number of carbonyl (C=O) groups excluding carboxylic acids is 1. The molecular formula is C23H26ClN3O5. The summed E-state index contributed by atoms with van der Waals surface area (Å²) in [7, 11) is 3.04. The number of benzene rings is 2. The first-order chi connectivity index (χ1) is 15.0. The molecule has 3 aromatic rings. The lowest BCUT2D eigenvalue weighted by Crippen LogP contribution is -2.37. The van der Waals surface area contributed by atoms with Crippen LogP contribution in [0, 0.1) is 0 Å². The molecule has 0 spiro atoms. The zero-order valence-electron chi connectivity index (χ0n) is 18.9. The van der Waals surface area contributed by atoms with Crippen molar-refractivity contribution in [3.63, 3.8) is 0 Å². The van der Waals surface area contributed by atoms with Gasteiger partial charge in [0.15, 0.2) is 0 Å². The summed E-state index contributed by atoms with van der Waals surface area (Å²) in [4.78, 5) is 30.6. The number of hydrogen-bond donors (Lipinski definition) is 1. The molecule has 0 fully saturated rings. The van der Waals surface area contributed by atoms with Gasteiger partial charge in [-0.1, -0.05) is 17.7 Å². The maximum absolute atomic E-state index is 13.6. The van der Waals surface area contributed by atoms with Crippen molar-refractivity contribution < 1.29 is 19.0 Å². The number of aromatic nitrogens is 2. The molecule has 32 heavy (non-hydrogen) atoms. The summed E-state index contributed by atoms with van der Waals surface area (Å²) >= 11 is 6.34. The van der Waals surface area contributed by atoms with Gasteiger partial charge < -0.3 is 19.5 Å². The Morgan fingerprint density at radius 1 is 1.12 bits per heavy atom. The zero-order valence-corrected chi connectivity index (χ0v) is 19.6. The SMILES string of the molecule is COc1cc(OC)cc(-n2c(C(C)NC(=O)OC(C)(C)C)nc3cccc(Cl)c3c2=O)c1. The monoisotopic (exact) mass is 459 g/mol. The van der Waals surface area contributed by atoms with Crippen molar-refractivity contribution in [2.75, 3.05) is 14.2 Å². The van der Waals surface area contributed by atoms with E-state index in [0.717, 1.165) is 0 Å². The third kappa shape index (κ3) is 4.96. The van der Waals surface area contributed by atoms with E-state index in [9.17, 15) is 9.59 Å². The minimum atomic E-state index is -0.673. The average molecular weight is 460 g/mol. The third-order valence-electron chi connectivity index (χ3n) is 4.59. The van der Waals surface area contributed by atoms with Gasteiger partial charge in [0.1, 0.15) is 22.9 Å². The highest BCUT2D eigenvalue weighted by molar-refractivity contribution is 6.35. The van der Waals surface area contributed by atoms with E-state index in [1.807, 2.05) is 0 Å². The Balaban J connectivity index is 2.24. The van der Waals surface area contributed by atoms with Crippen molar-refractivity contribution >= 4 is 28.6 Å². The Hall–Kier alpha value is -3.26. The molecule has 1 heterocycles. The molecule has 0 saturated carbocycles. The van der Waals surface area contributed by atoms with Crippen LogP contribution in [-0.2, 0) is 4.74 Å². The molecule has 0 aliphatic heterocycles. The maximum atomic E-state index is 13.6. The second kappa shape index (κ2) is 9.08. The first-order valence-electron chi connectivity index (χ1n) is 9.98. The van der Waals surface area contributed by atoms with E-state index >= 15 is 0 Å². The summed E-state index contributed by atoms with van der Waals surface area (Å²) in [5.74, 6) is 1.28. The molecule has 0 radical (unpaired) electrons. The van der Waals surface area contributed by atoms with Crippen LogP contribution in [0.4, 0.5) is 4.79 Å². The molecule has 170 valence electrons. The minimum absolute atomic E-state index is 0.268. The van der Waals surface area contributed by atoms with Gasteiger partial charge in [0.05, 0.1) is 41.9 Å². The van der Waals surface area contributed by atoms with Crippen molar-refractivity contribution in [3.05, 3.63) is 57.6 Å². The second-order valence-electron chi connectivity index (χ2n) is 8.18. The molecule has 9 heteroatoms. The van der Waals surface area contributed by atoms with E-state index in [1.165, 1.54) is 18.8 Å². The van der Waals surface area contributed by atoms with Gasteiger partial charge in [-0.05, 0) is 39.8 Å². The predicted octanol–water partition coefficient (Wildman–Crippen LogP) is 4.64. The molecule has 0 aliphatic rings. The van der Waals surface area contributed by atoms with Crippen LogP contribution in [0.1, 0.15) is 39.6 Å². The molecule has 1 aromatic heterocycles. The average Bonchev–Trinajstić information content (AvgIpc) is 2.71. The normalized spacial score (nSPS) is 12.3. The van der Waals surface area contributed by atoms with Gasteiger partial charge in [-0.3, -0.25) is 9.36 Å². The summed E-state index contributed by atoms with van der Waals surface area (Å²) in [6.07, 6.45) is -0.625. The summed E-state index contributed by atoms with van der Waals surface area (Å²) in [5, 5.41) is 3.30. The first-order valence-corrected chi connectivity index (χ1v) is 10.4. The molecule has 1 amide bonds. The number of alkyl carbamates (subject to hydrolysis) is 1. The second-order valence-corrected chi connectivity index (χ2v) is 8.59. The van der Waals surface area contributed by atoms with Crippen LogP contribution in [0.3, 0.4) is 0 Å². The number of nitrogens with one attached hydrogen (secondary N) is 1. The molecule has 1 N–H and O–H groups in total. The number of methoxy groups -OCH3 is 2. The van der Waals surface area contributed by atoms with Crippen LogP contribution in [0.2, 0.25) is 5.02 Å². The van der Waals surface area contributed by atoms with Crippen LogP contribution < -0.4 is 20.3 Å². The molecule has 3 rings (SSSR count). The minimum Gasteiger partial charge on any atom is -0.497 e. The lowest BCUT2D eigenvalue weighted by Gasteiger charge is -2.23. The van der Waals surface area contributed by atoms with E-state index < -0.39 is 17.7 Å². The van der Waals surface area contributed by atoms with Crippen molar-refractivity contribution in [1.82, 2.24) is 14.9 Å². The van der Waals surface area contributed by atoms with Gasteiger partial charge in [-0.25, -0.2) is 9.78 Å². The fraction of sp³-hybridized carbons (Fsp3) is 0.348. The summed E-state index contributed by atoms with van der Waals surface area (Å²) in [6, 6.07) is 9.42. The number of nitrogens with zero attached hydrogens (tertiary/aromatic N) is 2. The van der Waals surface area contributed by atoms with Crippen LogP contribution in [0.15, 0.2) is 41.2 Å². The highest BCUT2D eigenvalue weighted by Crippen LogP contribution is 2.28. The molecule has 1 unspecified atom stereocenters. The Morgan fingerprint density at radius 2 is 1.75 bits per heavy atom. The van der Waals surface area contributed by atoms with Crippen LogP contribution in [0.25, 0.3) is 16.6 Å². The number of amides is 1. The number of carbonyl (C=O) groups is 1. The van der Waals surface area contributed by atoms with E-state index in [4.69, 9.17) is 25.8 Å². The fourth-order valence-electron chi connectivity index (χ4n) is 3.22. The number of hydrogen-bond acceptors (Lipinski definition) is 6. The summed E-state index contributed by atoms with van der Waals surface area (Å²) in [6.45, 7) is 7.03. The van der Waals surface area contributed by atoms with E-state index in [1.54, 1.807) is 64.1 Å². The van der Waals surface area contributed by atoms with Gasteiger partial charge >= 0.3 is 6.09 Å². The van der Waals surface area contributed by atoms with Crippen molar-refractivity contribution in [1.29, 1.82) is 0 Å². The molecule has 0 bridgehead atoms. The highest BCUT2D eigenvalue weighted by atomic mass is 35.5. The molecule has 0 aliphatic carbocycles. The largest absolute Gasteiger partial charge is 0.497 e. The predicted molar refractivity (Wildman–Crippen MR) is 123 cm³/mol. The maximum Gasteiger partial charge on any atom is 0.408 e. The van der Waals surface area contributed by atoms with Gasteiger partial charge in [0.2, 0.25) is 0 Å². The molecular weight excluding hydrogens is 434 g/mol. The molecule has 8 nitrogen and oxygen atoms in total. The van der Waals surface area contributed by atoms with Gasteiger partial charge in [-0.15, -0.1) is 0 Å². The van der Waals surface area contributed by atoms with Crippen LogP contribution >= 0.6 is 11.6 Å². The smallest absolute Gasteiger partial charge is 0.408 e. The topological polar surface area (TPSA) is 91.7 Å². The zero-order chi connectivity index (χ0) is 23.6. The van der Waals surface area contributed by atoms with Crippen LogP contribution in [0.5, 0.6) is 11.5 Å². The van der Waals surface area contributed by atoms with Gasteiger partial charge in [0, 0.05) is 18.2 Å². The lowest BCUT2D eigenvalue weighted by molar-refractivity contribution is 0.0505. The van der Waals surface area contributed by atoms with Crippen molar-refractivity contribution in [2.24, 2.45) is 0 Å². The van der Waals surface area contributed by atoms with E-state index in [-0.39, 0.29) is 16.0 Å². The lowest BCUT2D eigenvalue weighted by atomic mass is 10.2. The first kappa shape index (κ1) is 23.4. The highest BCUT2D eigenvalue weighted by Gasteiger charge is 2.24. The molecule has 1 atom stereocenters. The number of rotatable bonds is 5. The van der Waals surface area contributed by atoms with E-state index in [0.29, 0.717) is 28.5 Å². The Labute approximate surface area is 191 Å². The third-order valence-corrected chi connectivity index (χ3v) is 4.90. The number of halogens is 1. The number of ether oxygens (including phenoxy) is 3. The fourth-order valence-corrected chi connectivity index (χ4v) is 3.47. The summed E-state index contributed by atoms with van der Waals surface area (Å²) < 4.78 is 17.5. The quantitative estimate of drug-likeness (QED) is 0.597. The standard InChI is InChI=1S/C23H26ClN3O5/c1-13(25-22(29)32-23(2,3)4)20-26-18-9-7-8-17(24)19(18)21(28)27(20)14-10-15(30-5)12-16(11-14)31-6/h7-13H,1-6H3,(H,25,29). The summed E-state index contributed by atoms with van der Waals surface area (Å²) in [5.41, 5.74) is -0.188. The van der Waals surface area contributed by atoms with Crippen LogP contribution in [-0.4, -0.2) is 35.5 Å². The van der Waals surface area contributed by atoms with Crippen molar-refractivity contribution in [2.45, 2.75) is 39.3 Å². The number of fused-ring (bicyclic) bond motifs is 1. The molecule has 2 aromatic carbocycles. The van der Waals surface area contributed by atoms with Gasteiger partial charge in [-0.2, -0.15) is 0 Å². The van der Waals surface area contributed by atoms with Crippen molar-refractivity contribution in [3.8, 4) is 17.2 Å².